The van der Waals surface area contributed by atoms with Gasteiger partial charge in [0.15, 0.2) is 5.82 Å². The van der Waals surface area contributed by atoms with Crippen molar-refractivity contribution >= 4 is 34.7 Å². The molecule has 2 saturated carbocycles. The highest BCUT2D eigenvalue weighted by Gasteiger charge is 2.26. The minimum atomic E-state index is 0.496. The summed E-state index contributed by atoms with van der Waals surface area (Å²) in [6.07, 6.45) is 14.1. The molecule has 7 nitrogen and oxygen atoms in total. The predicted octanol–water partition coefficient (Wildman–Crippen LogP) is 4.37. The molecule has 0 radical (unpaired) electrons. The van der Waals surface area contributed by atoms with Crippen LogP contribution >= 0.6 is 0 Å². The Labute approximate surface area is 152 Å². The van der Waals surface area contributed by atoms with Gasteiger partial charge in [-0.2, -0.15) is 15.1 Å². The van der Waals surface area contributed by atoms with E-state index >= 15 is 0 Å². The first-order chi connectivity index (χ1) is 12.8. The van der Waals surface area contributed by atoms with E-state index in [1.807, 2.05) is 35.6 Å². The summed E-state index contributed by atoms with van der Waals surface area (Å²) in [7, 11) is 0. The number of hydrogen-bond acceptors (Lipinski definition) is 5. The monoisotopic (exact) mass is 349 g/mol. The Morgan fingerprint density at radius 2 is 2.19 bits per heavy atom. The summed E-state index contributed by atoms with van der Waals surface area (Å²) in [5.41, 5.74) is 1.70. The van der Waals surface area contributed by atoms with Crippen molar-refractivity contribution in [3.05, 3.63) is 24.7 Å². The molecule has 0 aliphatic heterocycles. The van der Waals surface area contributed by atoms with E-state index in [2.05, 4.69) is 37.3 Å². The molecule has 26 heavy (non-hydrogen) atoms. The maximum absolute atomic E-state index is 4.67. The molecule has 0 bridgehead atoms. The maximum Gasteiger partial charge on any atom is 0.231 e. The van der Waals surface area contributed by atoms with Crippen LogP contribution in [0.5, 0.6) is 0 Å². The normalized spacial score (nSPS) is 19.1. The van der Waals surface area contributed by atoms with Gasteiger partial charge < -0.3 is 10.3 Å². The molecule has 0 saturated heterocycles. The van der Waals surface area contributed by atoms with E-state index in [0.717, 1.165) is 22.6 Å². The van der Waals surface area contributed by atoms with Crippen LogP contribution in [-0.4, -0.2) is 30.9 Å². The highest BCUT2D eigenvalue weighted by Crippen LogP contribution is 2.36. The SMILES string of the molecule is CC(/C=N\c1nc(Nc2cnn(C3CCC3)c2)nc2[nH]ccc12)C1CC1. The van der Waals surface area contributed by atoms with Crippen LogP contribution in [0.25, 0.3) is 11.0 Å². The lowest BCUT2D eigenvalue weighted by Crippen LogP contribution is -2.17. The first kappa shape index (κ1) is 15.5. The zero-order chi connectivity index (χ0) is 17.5. The van der Waals surface area contributed by atoms with Gasteiger partial charge in [-0.15, -0.1) is 0 Å². The summed E-state index contributed by atoms with van der Waals surface area (Å²) in [6, 6.07) is 2.52. The van der Waals surface area contributed by atoms with Gasteiger partial charge in [0.1, 0.15) is 5.65 Å². The quantitative estimate of drug-likeness (QED) is 0.647. The van der Waals surface area contributed by atoms with Crippen LogP contribution in [0.15, 0.2) is 29.6 Å². The number of nitrogens with zero attached hydrogens (tertiary/aromatic N) is 5. The first-order valence-corrected chi connectivity index (χ1v) is 9.47. The van der Waals surface area contributed by atoms with Crippen LogP contribution in [0.3, 0.4) is 0 Å². The molecular weight excluding hydrogens is 326 g/mol. The van der Waals surface area contributed by atoms with Crippen molar-refractivity contribution in [2.75, 3.05) is 5.32 Å². The number of nitrogens with one attached hydrogen (secondary N) is 2. The van der Waals surface area contributed by atoms with E-state index in [0.29, 0.717) is 23.7 Å². The van der Waals surface area contributed by atoms with Gasteiger partial charge in [-0.05, 0) is 50.0 Å². The third-order valence-electron chi connectivity index (χ3n) is 5.50. The van der Waals surface area contributed by atoms with Gasteiger partial charge in [-0.3, -0.25) is 4.68 Å². The summed E-state index contributed by atoms with van der Waals surface area (Å²) in [5, 5.41) is 8.67. The average molecular weight is 349 g/mol. The van der Waals surface area contributed by atoms with Crippen molar-refractivity contribution in [1.29, 1.82) is 0 Å². The lowest BCUT2D eigenvalue weighted by molar-refractivity contribution is 0.289. The molecular formula is C19H23N7. The molecule has 2 fully saturated rings. The second-order valence-corrected chi connectivity index (χ2v) is 7.50. The summed E-state index contributed by atoms with van der Waals surface area (Å²) >= 11 is 0. The summed E-state index contributed by atoms with van der Waals surface area (Å²) in [5.74, 6) is 2.53. The Morgan fingerprint density at radius 3 is 2.96 bits per heavy atom. The Bertz CT molecular complexity index is 946. The van der Waals surface area contributed by atoms with Crippen molar-refractivity contribution in [2.24, 2.45) is 16.8 Å². The number of hydrogen-bond donors (Lipinski definition) is 2. The Balaban J connectivity index is 1.41. The lowest BCUT2D eigenvalue weighted by Gasteiger charge is -2.25. The van der Waals surface area contributed by atoms with Gasteiger partial charge in [0.25, 0.3) is 0 Å². The fourth-order valence-electron chi connectivity index (χ4n) is 3.39. The lowest BCUT2D eigenvalue weighted by atomic mass is 9.93. The number of aromatic amines is 1. The van der Waals surface area contributed by atoms with Gasteiger partial charge in [0.05, 0.1) is 23.3 Å². The predicted molar refractivity (Wildman–Crippen MR) is 102 cm³/mol. The molecule has 0 aromatic carbocycles. The van der Waals surface area contributed by atoms with Gasteiger partial charge in [-0.25, -0.2) is 4.99 Å². The van der Waals surface area contributed by atoms with Crippen LogP contribution in [0.4, 0.5) is 17.5 Å². The number of rotatable bonds is 6. The van der Waals surface area contributed by atoms with Crippen molar-refractivity contribution in [2.45, 2.75) is 45.1 Å². The van der Waals surface area contributed by atoms with E-state index in [4.69, 9.17) is 0 Å². The van der Waals surface area contributed by atoms with E-state index in [-0.39, 0.29) is 0 Å². The van der Waals surface area contributed by atoms with Crippen molar-refractivity contribution in [3.8, 4) is 0 Å². The van der Waals surface area contributed by atoms with Crippen LogP contribution in [0.2, 0.25) is 0 Å². The second kappa shape index (κ2) is 6.23. The van der Waals surface area contributed by atoms with Gasteiger partial charge in [0.2, 0.25) is 5.95 Å². The van der Waals surface area contributed by atoms with Gasteiger partial charge in [-0.1, -0.05) is 6.92 Å². The zero-order valence-corrected chi connectivity index (χ0v) is 14.9. The zero-order valence-electron chi connectivity index (χ0n) is 14.9. The van der Waals surface area contributed by atoms with Crippen LogP contribution in [-0.2, 0) is 0 Å². The third-order valence-corrected chi connectivity index (χ3v) is 5.50. The molecule has 3 aromatic rings. The first-order valence-electron chi connectivity index (χ1n) is 9.47. The highest BCUT2D eigenvalue weighted by molar-refractivity contribution is 5.88. The number of anilines is 2. The summed E-state index contributed by atoms with van der Waals surface area (Å²) in [6.45, 7) is 2.23. The fraction of sp³-hybridized carbons (Fsp3) is 0.474. The van der Waals surface area contributed by atoms with Crippen molar-refractivity contribution < 1.29 is 0 Å². The third kappa shape index (κ3) is 2.98. The molecule has 7 heteroatoms. The number of fused-ring (bicyclic) bond motifs is 1. The molecule has 134 valence electrons. The highest BCUT2D eigenvalue weighted by atomic mass is 15.3. The Hall–Kier alpha value is -2.70. The van der Waals surface area contributed by atoms with E-state index in [9.17, 15) is 0 Å². The number of aliphatic imine (C=N–C) groups is 1. The minimum Gasteiger partial charge on any atom is -0.346 e. The van der Waals surface area contributed by atoms with E-state index in [1.165, 1.54) is 32.1 Å². The molecule has 3 aromatic heterocycles. The molecule has 2 aliphatic rings. The Kier molecular flexibility index (Phi) is 3.72. The largest absolute Gasteiger partial charge is 0.346 e. The molecule has 0 amide bonds. The molecule has 2 aliphatic carbocycles. The smallest absolute Gasteiger partial charge is 0.231 e. The molecule has 1 unspecified atom stereocenters. The molecule has 5 rings (SSSR count). The Morgan fingerprint density at radius 1 is 1.31 bits per heavy atom. The average Bonchev–Trinajstić information content (AvgIpc) is 3.17. The number of aromatic nitrogens is 5. The molecule has 3 heterocycles. The van der Waals surface area contributed by atoms with Crippen molar-refractivity contribution in [3.63, 3.8) is 0 Å². The van der Waals surface area contributed by atoms with Gasteiger partial charge >= 0.3 is 0 Å². The second-order valence-electron chi connectivity index (χ2n) is 7.50. The minimum absolute atomic E-state index is 0.496. The van der Waals surface area contributed by atoms with Gasteiger partial charge in [0, 0.05) is 18.6 Å². The maximum atomic E-state index is 4.67. The van der Waals surface area contributed by atoms with E-state index < -0.39 is 0 Å². The molecule has 0 spiro atoms. The van der Waals surface area contributed by atoms with Crippen LogP contribution in [0.1, 0.15) is 45.1 Å². The summed E-state index contributed by atoms with van der Waals surface area (Å²) in [4.78, 5) is 17.0. The number of H-pyrrole nitrogens is 1. The molecule has 1 atom stereocenters. The molecule has 2 N–H and O–H groups in total. The van der Waals surface area contributed by atoms with E-state index in [1.54, 1.807) is 0 Å². The standard InChI is InChI=1S/C19H23N7/c1-12(13-5-6-13)9-21-18-16-7-8-20-17(16)24-19(25-18)23-14-10-22-26(11-14)15-3-2-4-15/h7-13,15H,2-6H2,1H3,(H2,20,23,24,25)/b21-9-. The van der Waals surface area contributed by atoms with Crippen LogP contribution < -0.4 is 5.32 Å². The topological polar surface area (TPSA) is 83.8 Å². The fourth-order valence-corrected chi connectivity index (χ4v) is 3.39. The van der Waals surface area contributed by atoms with Crippen LogP contribution in [0, 0.1) is 11.8 Å². The van der Waals surface area contributed by atoms with Crippen molar-refractivity contribution in [1.82, 2.24) is 24.7 Å². The summed E-state index contributed by atoms with van der Waals surface area (Å²) < 4.78 is 2.04.